The molecule has 0 unspecified atom stereocenters. The molecule has 1 aliphatic heterocycles. The third kappa shape index (κ3) is 5.93. The highest BCUT2D eigenvalue weighted by molar-refractivity contribution is 7.89. The van der Waals surface area contributed by atoms with Gasteiger partial charge in [-0.05, 0) is 24.3 Å². The summed E-state index contributed by atoms with van der Waals surface area (Å²) in [5.41, 5.74) is 1.57. The fourth-order valence-corrected chi connectivity index (χ4v) is 4.46. The monoisotopic (exact) mass is 454 g/mol. The molecule has 2 heterocycles. The number of para-hydroxylation sites is 1. The molecule has 1 saturated heterocycles. The Morgan fingerprint density at radius 1 is 1.19 bits per heavy atom. The van der Waals surface area contributed by atoms with Gasteiger partial charge in [-0.1, -0.05) is 17.3 Å². The van der Waals surface area contributed by atoms with Gasteiger partial charge in [0.05, 0.1) is 23.0 Å². The number of alkyl halides is 3. The normalized spacial score (nSPS) is 15.2. The highest BCUT2D eigenvalue weighted by Crippen LogP contribution is 2.32. The molecule has 8 nitrogen and oxygen atoms in total. The Morgan fingerprint density at radius 3 is 2.58 bits per heavy atom. The van der Waals surface area contributed by atoms with Crippen LogP contribution in [0.4, 0.5) is 13.2 Å². The van der Waals surface area contributed by atoms with Crippen molar-refractivity contribution < 1.29 is 31.2 Å². The number of pyridine rings is 1. The van der Waals surface area contributed by atoms with Gasteiger partial charge in [0.1, 0.15) is 10.6 Å². The average molecular weight is 454 g/mol. The molecule has 1 aromatic carbocycles. The first-order chi connectivity index (χ1) is 14.7. The Kier molecular flexibility index (Phi) is 6.77. The molecule has 0 aliphatic carbocycles. The summed E-state index contributed by atoms with van der Waals surface area (Å²) in [5, 5.41) is 12.9. The Labute approximate surface area is 176 Å². The number of rotatable bonds is 6. The molecule has 0 atom stereocenters. The molecule has 2 aromatic rings. The zero-order valence-corrected chi connectivity index (χ0v) is 16.9. The molecule has 164 valence electrons. The molecule has 1 aliphatic rings. The van der Waals surface area contributed by atoms with Crippen molar-refractivity contribution in [3.63, 3.8) is 0 Å². The van der Waals surface area contributed by atoms with Gasteiger partial charge in [-0.3, -0.25) is 4.98 Å². The lowest BCUT2D eigenvalue weighted by molar-refractivity contribution is -0.275. The van der Waals surface area contributed by atoms with Crippen LogP contribution < -0.4 is 4.74 Å². The molecule has 31 heavy (non-hydrogen) atoms. The summed E-state index contributed by atoms with van der Waals surface area (Å²) in [6.07, 6.45) is -3.01. The Morgan fingerprint density at radius 2 is 1.90 bits per heavy atom. The van der Waals surface area contributed by atoms with E-state index in [0.29, 0.717) is 17.0 Å². The third-order valence-electron chi connectivity index (χ3n) is 4.34. The minimum absolute atomic E-state index is 0.0348. The SMILES string of the molecule is N#Cc1ccnc(CON=C2CCN(S(=O)(=O)c3ccccc3OC(F)(F)F)CC2)c1. The van der Waals surface area contributed by atoms with E-state index in [0.717, 1.165) is 16.4 Å². The fraction of sp³-hybridized carbons (Fsp3) is 0.316. The van der Waals surface area contributed by atoms with E-state index in [-0.39, 0.29) is 32.5 Å². The zero-order chi connectivity index (χ0) is 22.5. The number of piperidine rings is 1. The lowest BCUT2D eigenvalue weighted by Crippen LogP contribution is -2.39. The van der Waals surface area contributed by atoms with E-state index in [2.05, 4.69) is 14.9 Å². The Bertz CT molecular complexity index is 1100. The second-order valence-electron chi connectivity index (χ2n) is 6.48. The number of ether oxygens (including phenoxy) is 1. The number of hydrogen-bond donors (Lipinski definition) is 0. The average Bonchev–Trinajstić information content (AvgIpc) is 2.73. The second kappa shape index (κ2) is 9.32. The number of nitrogens with zero attached hydrogens (tertiary/aromatic N) is 4. The molecule has 0 spiro atoms. The van der Waals surface area contributed by atoms with Crippen LogP contribution >= 0.6 is 0 Å². The van der Waals surface area contributed by atoms with E-state index in [1.54, 1.807) is 12.1 Å². The van der Waals surface area contributed by atoms with Gasteiger partial charge < -0.3 is 9.57 Å². The quantitative estimate of drug-likeness (QED) is 0.621. The minimum atomic E-state index is -5.01. The molecule has 0 radical (unpaired) electrons. The van der Waals surface area contributed by atoms with Crippen molar-refractivity contribution in [2.24, 2.45) is 5.16 Å². The van der Waals surface area contributed by atoms with Crippen molar-refractivity contribution in [1.82, 2.24) is 9.29 Å². The van der Waals surface area contributed by atoms with Gasteiger partial charge in [-0.15, -0.1) is 13.2 Å². The van der Waals surface area contributed by atoms with E-state index in [4.69, 9.17) is 10.1 Å². The van der Waals surface area contributed by atoms with Crippen LogP contribution in [-0.2, 0) is 21.5 Å². The minimum Gasteiger partial charge on any atom is -0.404 e. The van der Waals surface area contributed by atoms with Gasteiger partial charge in [0.2, 0.25) is 10.0 Å². The number of nitriles is 1. The molecule has 0 saturated carbocycles. The van der Waals surface area contributed by atoms with Gasteiger partial charge in [0.15, 0.2) is 6.61 Å². The Hall–Kier alpha value is -3.17. The van der Waals surface area contributed by atoms with E-state index >= 15 is 0 Å². The summed E-state index contributed by atoms with van der Waals surface area (Å²) in [6.45, 7) is 0.114. The van der Waals surface area contributed by atoms with E-state index in [1.165, 1.54) is 18.3 Å². The predicted molar refractivity (Wildman–Crippen MR) is 102 cm³/mol. The van der Waals surface area contributed by atoms with Crippen LogP contribution in [0.25, 0.3) is 0 Å². The van der Waals surface area contributed by atoms with E-state index < -0.39 is 27.0 Å². The van der Waals surface area contributed by atoms with Crippen LogP contribution in [0.1, 0.15) is 24.1 Å². The molecule has 12 heteroatoms. The number of hydrogen-bond acceptors (Lipinski definition) is 7. The maximum Gasteiger partial charge on any atom is 0.573 e. The number of oxime groups is 1. The molecular weight excluding hydrogens is 437 g/mol. The van der Waals surface area contributed by atoms with Crippen LogP contribution in [0.2, 0.25) is 0 Å². The van der Waals surface area contributed by atoms with Crippen LogP contribution in [0.15, 0.2) is 52.6 Å². The van der Waals surface area contributed by atoms with Gasteiger partial charge in [-0.25, -0.2) is 8.42 Å². The fourth-order valence-electron chi connectivity index (χ4n) is 2.90. The van der Waals surface area contributed by atoms with Gasteiger partial charge in [0, 0.05) is 32.1 Å². The highest BCUT2D eigenvalue weighted by Gasteiger charge is 2.36. The first-order valence-corrected chi connectivity index (χ1v) is 10.5. The van der Waals surface area contributed by atoms with Crippen molar-refractivity contribution in [3.8, 4) is 11.8 Å². The summed E-state index contributed by atoms with van der Waals surface area (Å²) in [4.78, 5) is 8.75. The van der Waals surface area contributed by atoms with Gasteiger partial charge in [0.25, 0.3) is 0 Å². The van der Waals surface area contributed by atoms with Crippen molar-refractivity contribution in [2.75, 3.05) is 13.1 Å². The van der Waals surface area contributed by atoms with E-state index in [9.17, 15) is 21.6 Å². The third-order valence-corrected chi connectivity index (χ3v) is 6.28. The van der Waals surface area contributed by atoms with Crippen molar-refractivity contribution in [2.45, 2.75) is 30.7 Å². The van der Waals surface area contributed by atoms with Crippen LogP contribution in [-0.4, -0.2) is 42.9 Å². The smallest absolute Gasteiger partial charge is 0.404 e. The summed E-state index contributed by atoms with van der Waals surface area (Å²) in [7, 11) is -4.19. The van der Waals surface area contributed by atoms with Gasteiger partial charge in [-0.2, -0.15) is 9.57 Å². The molecule has 0 bridgehead atoms. The molecule has 1 fully saturated rings. The van der Waals surface area contributed by atoms with Crippen LogP contribution in [0.5, 0.6) is 5.75 Å². The summed E-state index contributed by atoms with van der Waals surface area (Å²) in [5.74, 6) is -0.773. The van der Waals surface area contributed by atoms with Crippen molar-refractivity contribution in [1.29, 1.82) is 5.26 Å². The highest BCUT2D eigenvalue weighted by atomic mass is 32.2. The molecule has 0 N–H and O–H groups in total. The lowest BCUT2D eigenvalue weighted by Gasteiger charge is -2.27. The second-order valence-corrected chi connectivity index (χ2v) is 8.38. The topological polar surface area (TPSA) is 105 Å². The largest absolute Gasteiger partial charge is 0.573 e. The number of benzene rings is 1. The molecule has 0 amide bonds. The van der Waals surface area contributed by atoms with Crippen molar-refractivity contribution >= 4 is 15.7 Å². The molecular formula is C19H17F3N4O4S. The first-order valence-electron chi connectivity index (χ1n) is 9.07. The standard InChI is InChI=1S/C19H17F3N4O4S/c20-19(21,22)30-17-3-1-2-4-18(17)31(27,28)26-9-6-15(7-10-26)25-29-13-16-11-14(12-23)5-8-24-16/h1-5,8,11H,6-7,9-10,13H2. The lowest BCUT2D eigenvalue weighted by atomic mass is 10.1. The van der Waals surface area contributed by atoms with E-state index in [1.807, 2.05) is 6.07 Å². The first kappa shape index (κ1) is 22.5. The van der Waals surface area contributed by atoms with Crippen LogP contribution in [0.3, 0.4) is 0 Å². The summed E-state index contributed by atoms with van der Waals surface area (Å²) in [6, 6.07) is 9.74. The molecule has 3 rings (SSSR count). The maximum absolute atomic E-state index is 12.8. The van der Waals surface area contributed by atoms with Crippen molar-refractivity contribution in [3.05, 3.63) is 53.9 Å². The maximum atomic E-state index is 12.8. The Balaban J connectivity index is 1.62. The van der Waals surface area contributed by atoms with Crippen LogP contribution in [0, 0.1) is 11.3 Å². The zero-order valence-electron chi connectivity index (χ0n) is 16.0. The number of halogens is 3. The number of aromatic nitrogens is 1. The number of sulfonamides is 1. The summed E-state index contributed by atoms with van der Waals surface area (Å²) >= 11 is 0. The predicted octanol–water partition coefficient (Wildman–Crippen LogP) is 3.21. The summed E-state index contributed by atoms with van der Waals surface area (Å²) < 4.78 is 68.4. The van der Waals surface area contributed by atoms with Gasteiger partial charge >= 0.3 is 6.36 Å². The molecule has 1 aromatic heterocycles.